The molecular weight excluding hydrogens is 426 g/mol. The fourth-order valence-corrected chi connectivity index (χ4v) is 4.48. The van der Waals surface area contributed by atoms with Crippen LogP contribution in [0.2, 0.25) is 0 Å². The van der Waals surface area contributed by atoms with Crippen molar-refractivity contribution in [3.05, 3.63) is 66.9 Å². The zero-order chi connectivity index (χ0) is 22.9. The summed E-state index contributed by atoms with van der Waals surface area (Å²) in [5.74, 6) is 2.82. The molecule has 34 heavy (non-hydrogen) atoms. The third-order valence-electron chi connectivity index (χ3n) is 6.19. The maximum atomic E-state index is 5.44. The summed E-state index contributed by atoms with van der Waals surface area (Å²) in [5.41, 5.74) is 3.44. The molecule has 1 saturated heterocycles. The van der Waals surface area contributed by atoms with E-state index >= 15 is 0 Å². The Balaban J connectivity index is 1.49. The SMILES string of the molecule is COc1ccc2c(c1)nc(-c1ccc3ccccc3n1)n2-c1ccnc(NC2CCCNC2)n1. The number of hydrogen-bond acceptors (Lipinski definition) is 7. The molecule has 0 radical (unpaired) electrons. The minimum Gasteiger partial charge on any atom is -0.497 e. The topological polar surface area (TPSA) is 89.8 Å². The number of hydrogen-bond donors (Lipinski definition) is 2. The quantitative estimate of drug-likeness (QED) is 0.414. The number of nitrogens with zero attached hydrogens (tertiary/aromatic N) is 5. The molecule has 1 fully saturated rings. The molecular formula is C26H25N7O. The van der Waals surface area contributed by atoms with Gasteiger partial charge in [-0.3, -0.25) is 4.57 Å². The molecule has 8 nitrogen and oxygen atoms in total. The fraction of sp³-hybridized carbons (Fsp3) is 0.231. The summed E-state index contributed by atoms with van der Waals surface area (Å²) in [6, 6.07) is 20.3. The van der Waals surface area contributed by atoms with Gasteiger partial charge in [-0.05, 0) is 49.7 Å². The van der Waals surface area contributed by atoms with E-state index in [-0.39, 0.29) is 0 Å². The highest BCUT2D eigenvalue weighted by Gasteiger charge is 2.19. The minimum atomic E-state index is 0.314. The first-order valence-electron chi connectivity index (χ1n) is 11.5. The van der Waals surface area contributed by atoms with Gasteiger partial charge in [0.25, 0.3) is 0 Å². The van der Waals surface area contributed by atoms with Crippen LogP contribution in [0.4, 0.5) is 5.95 Å². The molecule has 0 bridgehead atoms. The van der Waals surface area contributed by atoms with Crippen molar-refractivity contribution >= 4 is 27.9 Å². The Bertz CT molecular complexity index is 1470. The Hall–Kier alpha value is -4.04. The van der Waals surface area contributed by atoms with E-state index in [1.54, 1.807) is 13.3 Å². The van der Waals surface area contributed by atoms with Crippen LogP contribution in [0.5, 0.6) is 5.75 Å². The second-order valence-electron chi connectivity index (χ2n) is 8.44. The third-order valence-corrected chi connectivity index (χ3v) is 6.19. The van der Waals surface area contributed by atoms with Gasteiger partial charge in [0.15, 0.2) is 5.82 Å². The summed E-state index contributed by atoms with van der Waals surface area (Å²) < 4.78 is 7.48. The van der Waals surface area contributed by atoms with E-state index in [1.165, 1.54) is 0 Å². The smallest absolute Gasteiger partial charge is 0.224 e. The second kappa shape index (κ2) is 8.72. The molecule has 170 valence electrons. The monoisotopic (exact) mass is 451 g/mol. The van der Waals surface area contributed by atoms with Gasteiger partial charge in [-0.25, -0.2) is 15.0 Å². The molecule has 1 unspecified atom stereocenters. The average Bonchev–Trinajstić information content (AvgIpc) is 3.28. The number of piperidine rings is 1. The summed E-state index contributed by atoms with van der Waals surface area (Å²) in [5, 5.41) is 7.99. The van der Waals surface area contributed by atoms with Crippen LogP contribution in [-0.2, 0) is 0 Å². The molecule has 0 saturated carbocycles. The van der Waals surface area contributed by atoms with Crippen molar-refractivity contribution in [3.63, 3.8) is 0 Å². The number of ether oxygens (including phenoxy) is 1. The zero-order valence-electron chi connectivity index (χ0n) is 18.9. The normalized spacial score (nSPS) is 16.1. The molecule has 1 aliphatic rings. The molecule has 0 spiro atoms. The lowest BCUT2D eigenvalue weighted by Crippen LogP contribution is -2.38. The minimum absolute atomic E-state index is 0.314. The van der Waals surface area contributed by atoms with Gasteiger partial charge in [-0.2, -0.15) is 4.98 Å². The van der Waals surface area contributed by atoms with E-state index in [0.29, 0.717) is 12.0 Å². The number of imidazole rings is 1. The van der Waals surface area contributed by atoms with E-state index in [1.807, 2.05) is 53.1 Å². The molecule has 8 heteroatoms. The maximum Gasteiger partial charge on any atom is 0.224 e. The second-order valence-corrected chi connectivity index (χ2v) is 8.44. The molecule has 2 aromatic carbocycles. The van der Waals surface area contributed by atoms with Gasteiger partial charge in [-0.1, -0.05) is 24.3 Å². The maximum absolute atomic E-state index is 5.44. The first kappa shape index (κ1) is 20.6. The summed E-state index contributed by atoms with van der Waals surface area (Å²) in [6.07, 6.45) is 4.03. The number of rotatable bonds is 5. The van der Waals surface area contributed by atoms with E-state index in [4.69, 9.17) is 19.7 Å². The van der Waals surface area contributed by atoms with Crippen LogP contribution in [0.25, 0.3) is 39.3 Å². The Morgan fingerprint density at radius 1 is 1.00 bits per heavy atom. The van der Waals surface area contributed by atoms with Gasteiger partial charge in [0.05, 0.1) is 23.7 Å². The number of para-hydroxylation sites is 1. The Kier molecular flexibility index (Phi) is 5.27. The van der Waals surface area contributed by atoms with Crippen LogP contribution < -0.4 is 15.4 Å². The lowest BCUT2D eigenvalue weighted by molar-refractivity contribution is 0.415. The first-order valence-corrected chi connectivity index (χ1v) is 11.5. The van der Waals surface area contributed by atoms with Crippen molar-refractivity contribution in [3.8, 4) is 23.1 Å². The summed E-state index contributed by atoms with van der Waals surface area (Å²) in [6.45, 7) is 1.97. The predicted molar refractivity (Wildman–Crippen MR) is 133 cm³/mol. The molecule has 0 aliphatic carbocycles. The molecule has 5 aromatic rings. The number of anilines is 1. The van der Waals surface area contributed by atoms with Crippen molar-refractivity contribution in [2.24, 2.45) is 0 Å². The summed E-state index contributed by atoms with van der Waals surface area (Å²) in [7, 11) is 1.66. The standard InChI is InChI=1S/C26H25N7O/c1-34-19-9-11-23-22(15-19)31-25(21-10-8-17-5-2-3-7-20(17)30-21)33(23)24-12-14-28-26(32-24)29-18-6-4-13-27-16-18/h2-3,5,7-12,14-15,18,27H,4,6,13,16H2,1H3,(H,28,29,32). The number of methoxy groups -OCH3 is 1. The molecule has 4 heterocycles. The summed E-state index contributed by atoms with van der Waals surface area (Å²) >= 11 is 0. The van der Waals surface area contributed by atoms with E-state index in [0.717, 1.165) is 71.0 Å². The predicted octanol–water partition coefficient (Wildman–Crippen LogP) is 4.20. The van der Waals surface area contributed by atoms with Crippen LogP contribution in [0.1, 0.15) is 12.8 Å². The van der Waals surface area contributed by atoms with E-state index in [2.05, 4.69) is 27.8 Å². The van der Waals surface area contributed by atoms with Crippen LogP contribution in [0.3, 0.4) is 0 Å². The average molecular weight is 452 g/mol. The van der Waals surface area contributed by atoms with Crippen LogP contribution in [-0.4, -0.2) is 50.7 Å². The largest absolute Gasteiger partial charge is 0.497 e. The number of fused-ring (bicyclic) bond motifs is 2. The van der Waals surface area contributed by atoms with Gasteiger partial charge in [0.1, 0.15) is 17.3 Å². The van der Waals surface area contributed by atoms with Gasteiger partial charge in [0.2, 0.25) is 5.95 Å². The van der Waals surface area contributed by atoms with Crippen molar-refractivity contribution in [2.75, 3.05) is 25.5 Å². The number of benzene rings is 2. The van der Waals surface area contributed by atoms with E-state index in [9.17, 15) is 0 Å². The number of nitrogens with one attached hydrogen (secondary N) is 2. The highest BCUT2D eigenvalue weighted by molar-refractivity contribution is 5.86. The molecule has 3 aromatic heterocycles. The third kappa shape index (κ3) is 3.82. The fourth-order valence-electron chi connectivity index (χ4n) is 4.48. The Morgan fingerprint density at radius 3 is 2.82 bits per heavy atom. The Morgan fingerprint density at radius 2 is 1.94 bits per heavy atom. The van der Waals surface area contributed by atoms with Crippen LogP contribution >= 0.6 is 0 Å². The lowest BCUT2D eigenvalue weighted by Gasteiger charge is -2.23. The molecule has 1 atom stereocenters. The van der Waals surface area contributed by atoms with Crippen LogP contribution in [0, 0.1) is 0 Å². The van der Waals surface area contributed by atoms with Gasteiger partial charge in [0, 0.05) is 30.2 Å². The molecule has 2 N–H and O–H groups in total. The Labute approximate surface area is 197 Å². The van der Waals surface area contributed by atoms with Crippen molar-refractivity contribution in [1.29, 1.82) is 0 Å². The van der Waals surface area contributed by atoms with Crippen molar-refractivity contribution < 1.29 is 4.74 Å². The van der Waals surface area contributed by atoms with E-state index < -0.39 is 0 Å². The number of aromatic nitrogens is 5. The van der Waals surface area contributed by atoms with Crippen LogP contribution in [0.15, 0.2) is 66.9 Å². The highest BCUT2D eigenvalue weighted by Crippen LogP contribution is 2.30. The van der Waals surface area contributed by atoms with Crippen molar-refractivity contribution in [2.45, 2.75) is 18.9 Å². The lowest BCUT2D eigenvalue weighted by atomic mass is 10.1. The molecule has 0 amide bonds. The highest BCUT2D eigenvalue weighted by atomic mass is 16.5. The number of pyridine rings is 1. The van der Waals surface area contributed by atoms with Gasteiger partial charge >= 0.3 is 0 Å². The molecule has 1 aliphatic heterocycles. The summed E-state index contributed by atoms with van der Waals surface area (Å²) in [4.78, 5) is 19.2. The zero-order valence-corrected chi connectivity index (χ0v) is 18.9. The van der Waals surface area contributed by atoms with Gasteiger partial charge < -0.3 is 15.4 Å². The molecule has 6 rings (SSSR count). The first-order chi connectivity index (χ1) is 16.8. The van der Waals surface area contributed by atoms with Gasteiger partial charge in [-0.15, -0.1) is 0 Å². The van der Waals surface area contributed by atoms with Crippen molar-refractivity contribution in [1.82, 2.24) is 29.8 Å².